The van der Waals surface area contributed by atoms with E-state index in [1.165, 1.54) is 0 Å². The van der Waals surface area contributed by atoms with Crippen LogP contribution in [0.5, 0.6) is 11.5 Å². The van der Waals surface area contributed by atoms with Crippen molar-refractivity contribution in [2.24, 2.45) is 0 Å². The summed E-state index contributed by atoms with van der Waals surface area (Å²) in [5.74, 6) is -0.141. The summed E-state index contributed by atoms with van der Waals surface area (Å²) in [6.07, 6.45) is 0. The predicted molar refractivity (Wildman–Crippen MR) is 84.1 cm³/mol. The molecule has 2 aromatic heterocycles. The van der Waals surface area contributed by atoms with Crippen molar-refractivity contribution in [3.05, 3.63) is 23.8 Å². The number of thioether (sulfide) groups is 1. The van der Waals surface area contributed by atoms with Crippen molar-refractivity contribution in [3.63, 3.8) is 0 Å². The van der Waals surface area contributed by atoms with Crippen molar-refractivity contribution >= 4 is 34.3 Å². The van der Waals surface area contributed by atoms with Gasteiger partial charge < -0.3 is 19.4 Å². The fraction of sp³-hybridized carbons (Fsp3) is 0.267. The summed E-state index contributed by atoms with van der Waals surface area (Å²) in [6, 6.07) is 5.68. The third-order valence-corrected chi connectivity index (χ3v) is 4.35. The first kappa shape index (κ1) is 15.4. The van der Waals surface area contributed by atoms with Crippen molar-refractivity contribution in [1.29, 1.82) is 0 Å². The average Bonchev–Trinajstić information content (AvgIpc) is 2.96. The van der Waals surface area contributed by atoms with Crippen molar-refractivity contribution in [3.8, 4) is 11.5 Å². The van der Waals surface area contributed by atoms with Gasteiger partial charge in [0.1, 0.15) is 0 Å². The minimum Gasteiger partial charge on any atom is -0.549 e. The van der Waals surface area contributed by atoms with Gasteiger partial charge in [0.05, 0.1) is 25.7 Å². The van der Waals surface area contributed by atoms with E-state index in [1.807, 2.05) is 29.5 Å². The van der Waals surface area contributed by atoms with Gasteiger partial charge in [0.25, 0.3) is 0 Å². The van der Waals surface area contributed by atoms with Gasteiger partial charge in [-0.25, -0.2) is 0 Å². The van der Waals surface area contributed by atoms with Crippen molar-refractivity contribution in [1.82, 2.24) is 14.6 Å². The van der Waals surface area contributed by atoms with Crippen molar-refractivity contribution in [2.75, 3.05) is 20.0 Å². The van der Waals surface area contributed by atoms with Gasteiger partial charge >= 0.3 is 0 Å². The van der Waals surface area contributed by atoms with E-state index < -0.39 is 5.97 Å². The number of aromatic nitrogens is 3. The highest BCUT2D eigenvalue weighted by Gasteiger charge is 2.15. The number of benzene rings is 1. The molecule has 0 spiro atoms. The van der Waals surface area contributed by atoms with Crippen LogP contribution in [0.2, 0.25) is 0 Å². The molecule has 0 bridgehead atoms. The van der Waals surface area contributed by atoms with E-state index >= 15 is 0 Å². The Balaban J connectivity index is 2.30. The number of hydrogen-bond donors (Lipinski definition) is 0. The van der Waals surface area contributed by atoms with E-state index in [4.69, 9.17) is 9.47 Å². The van der Waals surface area contributed by atoms with Crippen LogP contribution in [-0.4, -0.2) is 40.5 Å². The fourth-order valence-electron chi connectivity index (χ4n) is 2.45. The lowest BCUT2D eigenvalue weighted by Crippen LogP contribution is -2.24. The fourth-order valence-corrected chi connectivity index (χ4v) is 3.11. The summed E-state index contributed by atoms with van der Waals surface area (Å²) in [5, 5.41) is 20.4. The standard InChI is InChI=1S/C15H15N3O4S/c1-8-4-9-5-11(21-2)12(22-3)6-10(9)18-14(8)16-17-15(18)23-7-13(19)20/h4-6H,7H2,1-3H3,(H,19,20)/p-1. The molecule has 0 aliphatic carbocycles. The number of ether oxygens (including phenoxy) is 2. The molecule has 3 aromatic rings. The number of aliphatic carboxylic acids is 1. The van der Waals surface area contributed by atoms with Gasteiger partial charge in [-0.2, -0.15) is 0 Å². The van der Waals surface area contributed by atoms with E-state index in [1.54, 1.807) is 14.2 Å². The Hall–Kier alpha value is -2.48. The lowest BCUT2D eigenvalue weighted by Gasteiger charge is -2.12. The van der Waals surface area contributed by atoms with Crippen molar-refractivity contribution < 1.29 is 19.4 Å². The SMILES string of the molecule is COc1cc2cc(C)c3nnc(SCC(=O)[O-])n3c2cc1OC. The first-order valence-corrected chi connectivity index (χ1v) is 7.77. The average molecular weight is 332 g/mol. The quantitative estimate of drug-likeness (QED) is 0.645. The summed E-state index contributed by atoms with van der Waals surface area (Å²) in [7, 11) is 3.14. The predicted octanol–water partition coefficient (Wildman–Crippen LogP) is 1.05. The van der Waals surface area contributed by atoms with Crippen LogP contribution in [-0.2, 0) is 4.79 Å². The van der Waals surface area contributed by atoms with Crippen LogP contribution in [0.25, 0.3) is 16.6 Å². The molecule has 0 saturated heterocycles. The van der Waals surface area contributed by atoms with Crippen LogP contribution >= 0.6 is 11.8 Å². The molecule has 2 heterocycles. The highest BCUT2D eigenvalue weighted by Crippen LogP contribution is 2.34. The van der Waals surface area contributed by atoms with Crippen LogP contribution in [0.1, 0.15) is 5.56 Å². The van der Waals surface area contributed by atoms with E-state index in [-0.39, 0.29) is 5.75 Å². The molecule has 120 valence electrons. The molecule has 0 radical (unpaired) electrons. The zero-order chi connectivity index (χ0) is 16.6. The molecule has 0 fully saturated rings. The molecule has 1 aromatic carbocycles. The normalized spacial score (nSPS) is 11.1. The van der Waals surface area contributed by atoms with E-state index in [0.29, 0.717) is 22.3 Å². The van der Waals surface area contributed by atoms with Gasteiger partial charge in [-0.3, -0.25) is 4.40 Å². The number of fused-ring (bicyclic) bond motifs is 3. The molecule has 0 aliphatic heterocycles. The molecule has 0 unspecified atom stereocenters. The van der Waals surface area contributed by atoms with E-state index in [9.17, 15) is 9.90 Å². The van der Waals surface area contributed by atoms with Gasteiger partial charge in [-0.15, -0.1) is 10.2 Å². The lowest BCUT2D eigenvalue weighted by molar-refractivity contribution is -0.301. The highest BCUT2D eigenvalue weighted by atomic mass is 32.2. The number of aryl methyl sites for hydroxylation is 1. The number of carbonyl (C=O) groups excluding carboxylic acids is 1. The molecule has 7 nitrogen and oxygen atoms in total. The van der Waals surface area contributed by atoms with Crippen molar-refractivity contribution in [2.45, 2.75) is 12.1 Å². The van der Waals surface area contributed by atoms with Crippen LogP contribution < -0.4 is 14.6 Å². The van der Waals surface area contributed by atoms with Crippen LogP contribution in [0.4, 0.5) is 0 Å². The Morgan fingerprint density at radius 3 is 2.57 bits per heavy atom. The largest absolute Gasteiger partial charge is 0.549 e. The van der Waals surface area contributed by atoms with Gasteiger partial charge in [0.15, 0.2) is 22.3 Å². The maximum Gasteiger partial charge on any atom is 0.196 e. The van der Waals surface area contributed by atoms with Gasteiger partial charge in [-0.05, 0) is 24.6 Å². The summed E-state index contributed by atoms with van der Waals surface area (Å²) >= 11 is 1.07. The van der Waals surface area contributed by atoms with E-state index in [0.717, 1.165) is 28.2 Å². The maximum absolute atomic E-state index is 10.7. The van der Waals surface area contributed by atoms with Gasteiger partial charge in [0.2, 0.25) is 0 Å². The van der Waals surface area contributed by atoms with Gasteiger partial charge in [0, 0.05) is 17.2 Å². The second-order valence-corrected chi connectivity index (χ2v) is 5.84. The Labute approximate surface area is 136 Å². The van der Waals surface area contributed by atoms with Crippen LogP contribution in [0, 0.1) is 6.92 Å². The van der Waals surface area contributed by atoms with Gasteiger partial charge in [-0.1, -0.05) is 11.8 Å². The molecule has 8 heteroatoms. The first-order valence-electron chi connectivity index (χ1n) is 6.78. The molecule has 3 rings (SSSR count). The van der Waals surface area contributed by atoms with Crippen LogP contribution in [0.15, 0.2) is 23.4 Å². The lowest BCUT2D eigenvalue weighted by atomic mass is 10.1. The highest BCUT2D eigenvalue weighted by molar-refractivity contribution is 7.99. The summed E-state index contributed by atoms with van der Waals surface area (Å²) in [6.45, 7) is 1.92. The summed E-state index contributed by atoms with van der Waals surface area (Å²) in [5.41, 5.74) is 2.41. The molecule has 0 amide bonds. The number of carboxylic acids is 1. The second-order valence-electron chi connectivity index (χ2n) is 4.90. The Morgan fingerprint density at radius 2 is 1.91 bits per heavy atom. The molecule has 0 aliphatic rings. The zero-order valence-electron chi connectivity index (χ0n) is 12.8. The minimum absolute atomic E-state index is 0.191. The molecule has 0 N–H and O–H groups in total. The topological polar surface area (TPSA) is 88.8 Å². The third-order valence-electron chi connectivity index (χ3n) is 3.45. The Kier molecular flexibility index (Phi) is 3.99. The number of rotatable bonds is 5. The molecule has 0 saturated carbocycles. The minimum atomic E-state index is -1.15. The Bertz CT molecular complexity index is 907. The molecule has 23 heavy (non-hydrogen) atoms. The first-order chi connectivity index (χ1) is 11.0. The van der Waals surface area contributed by atoms with Crippen LogP contribution in [0.3, 0.4) is 0 Å². The number of hydrogen-bond acceptors (Lipinski definition) is 7. The second kappa shape index (κ2) is 5.96. The monoisotopic (exact) mass is 332 g/mol. The maximum atomic E-state index is 10.7. The smallest absolute Gasteiger partial charge is 0.196 e. The number of nitrogens with zero attached hydrogens (tertiary/aromatic N) is 3. The summed E-state index contributed by atoms with van der Waals surface area (Å²) < 4.78 is 12.5. The molecule has 0 atom stereocenters. The summed E-state index contributed by atoms with van der Waals surface area (Å²) in [4.78, 5) is 10.7. The Morgan fingerprint density at radius 1 is 1.22 bits per heavy atom. The number of methoxy groups -OCH3 is 2. The number of carboxylic acid groups (broad SMARTS) is 1. The molecular weight excluding hydrogens is 318 g/mol. The third kappa shape index (κ3) is 2.65. The zero-order valence-corrected chi connectivity index (χ0v) is 13.6. The number of pyridine rings is 1. The number of carbonyl (C=O) groups is 1. The van der Waals surface area contributed by atoms with E-state index in [2.05, 4.69) is 10.2 Å². The molecular formula is C15H14N3O4S-.